The van der Waals surface area contributed by atoms with Crippen LogP contribution in [0, 0.1) is 22.7 Å². The van der Waals surface area contributed by atoms with Gasteiger partial charge in [0.25, 0.3) is 0 Å². The first-order valence-corrected chi connectivity index (χ1v) is 11.5. The minimum absolute atomic E-state index is 0.0501. The summed E-state index contributed by atoms with van der Waals surface area (Å²) in [6, 6.07) is 24.9. The summed E-state index contributed by atoms with van der Waals surface area (Å²) >= 11 is 0. The van der Waals surface area contributed by atoms with Gasteiger partial charge in [0.05, 0.1) is 11.6 Å². The molecule has 3 atom stereocenters. The third kappa shape index (κ3) is 4.82. The molecule has 174 valence electrons. The van der Waals surface area contributed by atoms with Crippen LogP contribution in [0.25, 0.3) is 0 Å². The lowest BCUT2D eigenvalue weighted by Crippen LogP contribution is -2.15. The number of hydrogen-bond donors (Lipinski definition) is 0. The number of nitriles is 1. The Hall–Kier alpha value is -3.65. The van der Waals surface area contributed by atoms with Crippen molar-refractivity contribution in [1.82, 2.24) is 4.98 Å². The normalized spacial score (nSPS) is 19.5. The molecule has 0 radical (unpaired) electrons. The molecule has 1 aromatic heterocycles. The number of rotatable bonds is 6. The van der Waals surface area contributed by atoms with Crippen LogP contribution in [0.2, 0.25) is 0 Å². The SMILES string of the molecule is CC(C)(C)c1ccc([C@@H]2[C@@H](C(=O)OC(C#N)c3cccc(Oc4ccccc4)n3)C2(C)C)cc1. The molecule has 4 rings (SSSR count). The maximum atomic E-state index is 13.1. The lowest BCUT2D eigenvalue weighted by atomic mass is 9.86. The molecule has 0 saturated heterocycles. The van der Waals surface area contributed by atoms with Gasteiger partial charge in [-0.3, -0.25) is 4.79 Å². The Morgan fingerprint density at radius 3 is 2.29 bits per heavy atom. The molecule has 0 bridgehead atoms. The van der Waals surface area contributed by atoms with E-state index in [-0.39, 0.29) is 28.6 Å². The summed E-state index contributed by atoms with van der Waals surface area (Å²) in [7, 11) is 0. The molecule has 34 heavy (non-hydrogen) atoms. The first kappa shape index (κ1) is 23.5. The zero-order valence-electron chi connectivity index (χ0n) is 20.3. The van der Waals surface area contributed by atoms with E-state index in [0.717, 1.165) is 5.56 Å². The van der Waals surface area contributed by atoms with Crippen molar-refractivity contribution in [2.45, 2.75) is 52.1 Å². The minimum Gasteiger partial charge on any atom is -0.440 e. The second-order valence-corrected chi connectivity index (χ2v) is 10.4. The van der Waals surface area contributed by atoms with Crippen LogP contribution in [-0.2, 0) is 14.9 Å². The highest BCUT2D eigenvalue weighted by Gasteiger charge is 2.63. The monoisotopic (exact) mass is 454 g/mol. The van der Waals surface area contributed by atoms with Gasteiger partial charge in [-0.1, -0.05) is 83.1 Å². The zero-order valence-corrected chi connectivity index (χ0v) is 20.3. The van der Waals surface area contributed by atoms with Gasteiger partial charge in [-0.15, -0.1) is 0 Å². The highest BCUT2D eigenvalue weighted by Crippen LogP contribution is 2.65. The first-order valence-electron chi connectivity index (χ1n) is 11.5. The summed E-state index contributed by atoms with van der Waals surface area (Å²) in [6.07, 6.45) is -1.10. The number of esters is 1. The van der Waals surface area contributed by atoms with Gasteiger partial charge in [-0.05, 0) is 40.2 Å². The molecule has 1 fully saturated rings. The van der Waals surface area contributed by atoms with Gasteiger partial charge < -0.3 is 9.47 Å². The summed E-state index contributed by atoms with van der Waals surface area (Å²) in [5, 5.41) is 9.72. The van der Waals surface area contributed by atoms with E-state index in [0.29, 0.717) is 17.3 Å². The number of benzene rings is 2. The number of aromatic nitrogens is 1. The second kappa shape index (κ2) is 8.95. The summed E-state index contributed by atoms with van der Waals surface area (Å²) in [5.74, 6) is 0.334. The molecule has 0 N–H and O–H groups in total. The van der Waals surface area contributed by atoms with E-state index in [9.17, 15) is 10.1 Å². The minimum atomic E-state index is -1.10. The van der Waals surface area contributed by atoms with Crippen LogP contribution in [0.5, 0.6) is 11.6 Å². The van der Waals surface area contributed by atoms with Gasteiger partial charge in [0, 0.05) is 12.0 Å². The van der Waals surface area contributed by atoms with E-state index in [4.69, 9.17) is 9.47 Å². The van der Waals surface area contributed by atoms with Crippen LogP contribution in [0.3, 0.4) is 0 Å². The topological polar surface area (TPSA) is 72.2 Å². The van der Waals surface area contributed by atoms with Crippen molar-refractivity contribution in [3.63, 3.8) is 0 Å². The van der Waals surface area contributed by atoms with E-state index in [1.165, 1.54) is 5.56 Å². The molecule has 0 aliphatic heterocycles. The molecule has 1 aliphatic carbocycles. The Bertz CT molecular complexity index is 1200. The second-order valence-electron chi connectivity index (χ2n) is 10.4. The Labute approximate surface area is 201 Å². The van der Waals surface area contributed by atoms with Crippen molar-refractivity contribution in [2.24, 2.45) is 11.3 Å². The molecule has 3 aromatic rings. The standard InChI is InChI=1S/C29H30N2O3/c1-28(2,3)20-16-14-19(15-17-20)25-26(29(25,4)5)27(32)34-23(18-30)22-12-9-13-24(31-22)33-21-10-7-6-8-11-21/h6-17,23,25-26H,1-5H3/t23?,25-,26+/m1/s1. The van der Waals surface area contributed by atoms with E-state index < -0.39 is 6.10 Å². The number of pyridine rings is 1. The zero-order chi connectivity index (χ0) is 24.5. The average molecular weight is 455 g/mol. The fraction of sp³-hybridized carbons (Fsp3) is 0.345. The molecule has 1 saturated carbocycles. The Balaban J connectivity index is 1.47. The number of nitrogens with zero attached hydrogens (tertiary/aromatic N) is 2. The van der Waals surface area contributed by atoms with Crippen LogP contribution in [0.4, 0.5) is 0 Å². The largest absolute Gasteiger partial charge is 0.440 e. The summed E-state index contributed by atoms with van der Waals surface area (Å²) in [5.41, 5.74) is 2.54. The Morgan fingerprint density at radius 2 is 1.68 bits per heavy atom. The highest BCUT2D eigenvalue weighted by molar-refractivity contribution is 5.80. The summed E-state index contributed by atoms with van der Waals surface area (Å²) in [4.78, 5) is 17.5. The van der Waals surface area contributed by atoms with Gasteiger partial charge in [0.2, 0.25) is 12.0 Å². The van der Waals surface area contributed by atoms with Crippen molar-refractivity contribution in [2.75, 3.05) is 0 Å². The van der Waals surface area contributed by atoms with Crippen LogP contribution >= 0.6 is 0 Å². The molecule has 1 unspecified atom stereocenters. The number of hydrogen-bond acceptors (Lipinski definition) is 5. The molecular weight excluding hydrogens is 424 g/mol. The smallest absolute Gasteiger partial charge is 0.311 e. The molecule has 1 aliphatic rings. The number of carbonyl (C=O) groups is 1. The third-order valence-corrected chi connectivity index (χ3v) is 6.55. The average Bonchev–Trinajstić information content (AvgIpc) is 3.39. The Morgan fingerprint density at radius 1 is 1.00 bits per heavy atom. The predicted molar refractivity (Wildman–Crippen MR) is 130 cm³/mol. The molecule has 5 nitrogen and oxygen atoms in total. The van der Waals surface area contributed by atoms with Gasteiger partial charge >= 0.3 is 5.97 Å². The highest BCUT2D eigenvalue weighted by atomic mass is 16.5. The van der Waals surface area contributed by atoms with Crippen molar-refractivity contribution in [3.8, 4) is 17.7 Å². The Kier molecular flexibility index (Phi) is 6.18. The van der Waals surface area contributed by atoms with Crippen LogP contribution in [0.1, 0.15) is 63.5 Å². The predicted octanol–water partition coefficient (Wildman–Crippen LogP) is 6.72. The third-order valence-electron chi connectivity index (χ3n) is 6.55. The van der Waals surface area contributed by atoms with Crippen molar-refractivity contribution in [1.29, 1.82) is 5.26 Å². The lowest BCUT2D eigenvalue weighted by molar-refractivity contribution is -0.149. The number of ether oxygens (including phenoxy) is 2. The lowest BCUT2D eigenvalue weighted by Gasteiger charge is -2.19. The number of carbonyl (C=O) groups excluding carboxylic acids is 1. The molecular formula is C29H30N2O3. The summed E-state index contributed by atoms with van der Waals surface area (Å²) in [6.45, 7) is 10.7. The maximum absolute atomic E-state index is 13.1. The van der Waals surface area contributed by atoms with E-state index in [1.807, 2.05) is 30.3 Å². The van der Waals surface area contributed by atoms with Gasteiger partial charge in [0.1, 0.15) is 11.8 Å². The first-order chi connectivity index (χ1) is 16.1. The van der Waals surface area contributed by atoms with E-state index >= 15 is 0 Å². The van der Waals surface area contributed by atoms with Crippen LogP contribution in [0.15, 0.2) is 72.8 Å². The van der Waals surface area contributed by atoms with E-state index in [1.54, 1.807) is 18.2 Å². The fourth-order valence-corrected chi connectivity index (χ4v) is 4.48. The molecule has 1 heterocycles. The maximum Gasteiger partial charge on any atom is 0.311 e. The van der Waals surface area contributed by atoms with Crippen molar-refractivity contribution < 1.29 is 14.3 Å². The van der Waals surface area contributed by atoms with Crippen LogP contribution in [-0.4, -0.2) is 11.0 Å². The van der Waals surface area contributed by atoms with Gasteiger partial charge in [-0.2, -0.15) is 5.26 Å². The van der Waals surface area contributed by atoms with Crippen LogP contribution < -0.4 is 4.74 Å². The van der Waals surface area contributed by atoms with E-state index in [2.05, 4.69) is 69.9 Å². The van der Waals surface area contributed by atoms with Gasteiger partial charge in [0.15, 0.2) is 0 Å². The summed E-state index contributed by atoms with van der Waals surface area (Å²) < 4.78 is 11.4. The molecule has 5 heteroatoms. The van der Waals surface area contributed by atoms with Crippen molar-refractivity contribution >= 4 is 5.97 Å². The molecule has 0 amide bonds. The quantitative estimate of drug-likeness (QED) is 0.387. The van der Waals surface area contributed by atoms with Gasteiger partial charge in [-0.25, -0.2) is 4.98 Å². The fourth-order valence-electron chi connectivity index (χ4n) is 4.48. The van der Waals surface area contributed by atoms with Crippen molar-refractivity contribution in [3.05, 3.63) is 89.6 Å². The molecule has 2 aromatic carbocycles. The number of para-hydroxylation sites is 1. The molecule has 0 spiro atoms.